The Morgan fingerprint density at radius 3 is 2.88 bits per heavy atom. The van der Waals surface area contributed by atoms with Gasteiger partial charge in [-0.1, -0.05) is 11.6 Å². The Hall–Kier alpha value is -1.22. The summed E-state index contributed by atoms with van der Waals surface area (Å²) in [5.41, 5.74) is 1.46. The van der Waals surface area contributed by atoms with E-state index in [0.717, 1.165) is 18.8 Å². The summed E-state index contributed by atoms with van der Waals surface area (Å²) in [5, 5.41) is 6.70. The maximum Gasteiger partial charge on any atom is 0.253 e. The summed E-state index contributed by atoms with van der Waals surface area (Å²) < 4.78 is 0. The third-order valence-corrected chi connectivity index (χ3v) is 3.08. The van der Waals surface area contributed by atoms with Gasteiger partial charge in [0.2, 0.25) is 0 Å². The molecule has 1 saturated carbocycles. The Balaban J connectivity index is 2.09. The van der Waals surface area contributed by atoms with E-state index < -0.39 is 0 Å². The van der Waals surface area contributed by atoms with Crippen LogP contribution in [0.2, 0.25) is 5.02 Å². The molecule has 4 heteroatoms. The zero-order valence-corrected chi connectivity index (χ0v) is 10.7. The standard InChI is InChI=1S/C13H17ClN2O/c1-2-15-12-6-5-10(14)7-11(12)13(17)16-8-9-3-4-9/h5-7,9,15H,2-4,8H2,1H3,(H,16,17). The van der Waals surface area contributed by atoms with Gasteiger partial charge in [0.1, 0.15) is 0 Å². The predicted octanol–water partition coefficient (Wildman–Crippen LogP) is 2.91. The molecule has 92 valence electrons. The van der Waals surface area contributed by atoms with E-state index in [1.165, 1.54) is 12.8 Å². The lowest BCUT2D eigenvalue weighted by Crippen LogP contribution is -2.26. The molecule has 1 aliphatic carbocycles. The van der Waals surface area contributed by atoms with E-state index in [1.807, 2.05) is 13.0 Å². The number of halogens is 1. The fourth-order valence-electron chi connectivity index (χ4n) is 1.70. The van der Waals surface area contributed by atoms with Gasteiger partial charge in [0, 0.05) is 23.8 Å². The van der Waals surface area contributed by atoms with Crippen LogP contribution in [0.15, 0.2) is 18.2 Å². The van der Waals surface area contributed by atoms with Crippen molar-refractivity contribution in [2.45, 2.75) is 19.8 Å². The first kappa shape index (κ1) is 12.2. The molecule has 0 aromatic heterocycles. The van der Waals surface area contributed by atoms with Crippen LogP contribution < -0.4 is 10.6 Å². The first-order valence-electron chi connectivity index (χ1n) is 6.02. The van der Waals surface area contributed by atoms with Crippen molar-refractivity contribution in [1.29, 1.82) is 0 Å². The number of carbonyl (C=O) groups excluding carboxylic acids is 1. The van der Waals surface area contributed by atoms with Gasteiger partial charge < -0.3 is 10.6 Å². The number of benzene rings is 1. The molecular weight excluding hydrogens is 236 g/mol. The molecule has 0 atom stereocenters. The van der Waals surface area contributed by atoms with Crippen molar-refractivity contribution in [1.82, 2.24) is 5.32 Å². The van der Waals surface area contributed by atoms with Gasteiger partial charge in [-0.2, -0.15) is 0 Å². The average molecular weight is 253 g/mol. The maximum atomic E-state index is 12.0. The zero-order chi connectivity index (χ0) is 12.3. The summed E-state index contributed by atoms with van der Waals surface area (Å²) in [6.45, 7) is 3.56. The lowest BCUT2D eigenvalue weighted by molar-refractivity contribution is 0.0952. The molecule has 0 heterocycles. The number of anilines is 1. The molecule has 0 saturated heterocycles. The van der Waals surface area contributed by atoms with Crippen LogP contribution in [-0.4, -0.2) is 19.0 Å². The summed E-state index contributed by atoms with van der Waals surface area (Å²) in [4.78, 5) is 12.0. The van der Waals surface area contributed by atoms with E-state index >= 15 is 0 Å². The van der Waals surface area contributed by atoms with Crippen LogP contribution in [0.4, 0.5) is 5.69 Å². The van der Waals surface area contributed by atoms with E-state index in [9.17, 15) is 4.79 Å². The normalized spacial score (nSPS) is 14.5. The molecule has 1 fully saturated rings. The molecule has 3 nitrogen and oxygen atoms in total. The van der Waals surface area contributed by atoms with E-state index in [-0.39, 0.29) is 5.91 Å². The second kappa shape index (κ2) is 5.41. The highest BCUT2D eigenvalue weighted by Gasteiger charge is 2.22. The van der Waals surface area contributed by atoms with E-state index in [1.54, 1.807) is 12.1 Å². The fourth-order valence-corrected chi connectivity index (χ4v) is 1.88. The van der Waals surface area contributed by atoms with Crippen molar-refractivity contribution in [2.75, 3.05) is 18.4 Å². The second-order valence-corrected chi connectivity index (χ2v) is 4.81. The molecule has 1 aromatic carbocycles. The molecule has 0 bridgehead atoms. The highest BCUT2D eigenvalue weighted by Crippen LogP contribution is 2.28. The molecule has 0 spiro atoms. The quantitative estimate of drug-likeness (QED) is 0.846. The van der Waals surface area contributed by atoms with Crippen LogP contribution in [0.1, 0.15) is 30.1 Å². The summed E-state index contributed by atoms with van der Waals surface area (Å²) in [6.07, 6.45) is 2.46. The molecule has 0 radical (unpaired) electrons. The van der Waals surface area contributed by atoms with Gasteiger partial charge in [-0.05, 0) is 43.9 Å². The number of carbonyl (C=O) groups is 1. The Bertz CT molecular complexity index is 416. The molecule has 2 rings (SSSR count). The lowest BCUT2D eigenvalue weighted by atomic mass is 10.1. The third kappa shape index (κ3) is 3.37. The number of hydrogen-bond acceptors (Lipinski definition) is 2. The van der Waals surface area contributed by atoms with Gasteiger partial charge in [-0.15, -0.1) is 0 Å². The lowest BCUT2D eigenvalue weighted by Gasteiger charge is -2.11. The van der Waals surface area contributed by atoms with Crippen LogP contribution in [-0.2, 0) is 0 Å². The van der Waals surface area contributed by atoms with E-state index in [0.29, 0.717) is 16.5 Å². The highest BCUT2D eigenvalue weighted by atomic mass is 35.5. The summed E-state index contributed by atoms with van der Waals surface area (Å²) in [7, 11) is 0. The van der Waals surface area contributed by atoms with Gasteiger partial charge >= 0.3 is 0 Å². The van der Waals surface area contributed by atoms with E-state index in [2.05, 4.69) is 10.6 Å². The molecule has 1 aromatic rings. The van der Waals surface area contributed by atoms with Crippen molar-refractivity contribution in [3.63, 3.8) is 0 Å². The van der Waals surface area contributed by atoms with Gasteiger partial charge in [-0.3, -0.25) is 4.79 Å². The molecule has 0 aliphatic heterocycles. The number of hydrogen-bond donors (Lipinski definition) is 2. The third-order valence-electron chi connectivity index (χ3n) is 2.84. The Labute approximate surface area is 107 Å². The number of nitrogens with one attached hydrogen (secondary N) is 2. The Morgan fingerprint density at radius 2 is 2.24 bits per heavy atom. The second-order valence-electron chi connectivity index (χ2n) is 4.37. The fraction of sp³-hybridized carbons (Fsp3) is 0.462. The number of rotatable bonds is 5. The minimum Gasteiger partial charge on any atom is -0.385 e. The highest BCUT2D eigenvalue weighted by molar-refractivity contribution is 6.31. The molecule has 2 N–H and O–H groups in total. The van der Waals surface area contributed by atoms with Crippen LogP contribution in [0, 0.1) is 5.92 Å². The first-order chi connectivity index (χ1) is 8.20. The van der Waals surface area contributed by atoms with Crippen LogP contribution in [0.5, 0.6) is 0 Å². The SMILES string of the molecule is CCNc1ccc(Cl)cc1C(=O)NCC1CC1. The molecule has 0 unspecified atom stereocenters. The summed E-state index contributed by atoms with van der Waals surface area (Å²) >= 11 is 5.93. The summed E-state index contributed by atoms with van der Waals surface area (Å²) in [5.74, 6) is 0.635. The van der Waals surface area contributed by atoms with Gasteiger partial charge in [0.15, 0.2) is 0 Å². The maximum absolute atomic E-state index is 12.0. The first-order valence-corrected chi connectivity index (χ1v) is 6.40. The van der Waals surface area contributed by atoms with Gasteiger partial charge in [0.25, 0.3) is 5.91 Å². The largest absolute Gasteiger partial charge is 0.385 e. The van der Waals surface area contributed by atoms with Crippen LogP contribution in [0.3, 0.4) is 0 Å². The van der Waals surface area contributed by atoms with Crippen LogP contribution >= 0.6 is 11.6 Å². The minimum atomic E-state index is -0.0460. The predicted molar refractivity (Wildman–Crippen MR) is 70.7 cm³/mol. The Kier molecular flexibility index (Phi) is 3.89. The van der Waals surface area contributed by atoms with E-state index in [4.69, 9.17) is 11.6 Å². The smallest absolute Gasteiger partial charge is 0.253 e. The average Bonchev–Trinajstić information content (AvgIpc) is 3.12. The monoisotopic (exact) mass is 252 g/mol. The van der Waals surface area contributed by atoms with Crippen LogP contribution in [0.25, 0.3) is 0 Å². The Morgan fingerprint density at radius 1 is 1.47 bits per heavy atom. The topological polar surface area (TPSA) is 41.1 Å². The minimum absolute atomic E-state index is 0.0460. The van der Waals surface area contributed by atoms with Crippen molar-refractivity contribution in [2.24, 2.45) is 5.92 Å². The molecule has 1 aliphatic rings. The van der Waals surface area contributed by atoms with Gasteiger partial charge in [-0.25, -0.2) is 0 Å². The van der Waals surface area contributed by atoms with Crippen molar-refractivity contribution in [3.05, 3.63) is 28.8 Å². The van der Waals surface area contributed by atoms with Crippen molar-refractivity contribution >= 4 is 23.2 Å². The molecule has 17 heavy (non-hydrogen) atoms. The van der Waals surface area contributed by atoms with Crippen molar-refractivity contribution < 1.29 is 4.79 Å². The van der Waals surface area contributed by atoms with Gasteiger partial charge in [0.05, 0.1) is 5.56 Å². The molecule has 1 amide bonds. The summed E-state index contributed by atoms with van der Waals surface area (Å²) in [6, 6.07) is 5.34. The molecular formula is C13H17ClN2O. The van der Waals surface area contributed by atoms with Crippen molar-refractivity contribution in [3.8, 4) is 0 Å². The number of amides is 1. The zero-order valence-electron chi connectivity index (χ0n) is 9.92.